The monoisotopic (exact) mass is 436 g/mol. The summed E-state index contributed by atoms with van der Waals surface area (Å²) in [7, 11) is 0. The molecular weight excluding hydrogens is 400 g/mol. The van der Waals surface area contributed by atoms with E-state index in [1.165, 1.54) is 4.90 Å². The van der Waals surface area contributed by atoms with Gasteiger partial charge in [-0.15, -0.1) is 6.58 Å². The number of hydrogen-bond acceptors (Lipinski definition) is 6. The highest BCUT2D eigenvalue weighted by Crippen LogP contribution is 2.64. The van der Waals surface area contributed by atoms with E-state index in [4.69, 9.17) is 9.47 Å². The second kappa shape index (κ2) is 8.20. The molecule has 0 aliphatic carbocycles. The van der Waals surface area contributed by atoms with Crippen LogP contribution in [0.1, 0.15) is 53.9 Å². The van der Waals surface area contributed by atoms with Gasteiger partial charge in [0, 0.05) is 18.6 Å². The Morgan fingerprint density at radius 2 is 2.03 bits per heavy atom. The number of hydrogen-bond donors (Lipinski definition) is 1. The van der Waals surface area contributed by atoms with Gasteiger partial charge < -0.3 is 24.4 Å². The van der Waals surface area contributed by atoms with Crippen LogP contribution in [-0.4, -0.2) is 81.8 Å². The molecule has 2 unspecified atom stereocenters. The van der Waals surface area contributed by atoms with Gasteiger partial charge in [0.15, 0.2) is 0 Å². The Balaban J connectivity index is 2.12. The number of aliphatic hydroxyl groups is 1. The van der Waals surface area contributed by atoms with Crippen LogP contribution in [0.15, 0.2) is 12.7 Å². The lowest BCUT2D eigenvalue weighted by Crippen LogP contribution is -2.60. The van der Waals surface area contributed by atoms with Gasteiger partial charge in [-0.1, -0.05) is 13.0 Å². The van der Waals surface area contributed by atoms with Crippen LogP contribution in [0.3, 0.4) is 0 Å². The molecule has 0 radical (unpaired) electrons. The normalized spacial score (nSPS) is 34.1. The third-order valence-corrected chi connectivity index (χ3v) is 7.18. The van der Waals surface area contributed by atoms with Gasteiger partial charge in [-0.3, -0.25) is 14.4 Å². The summed E-state index contributed by atoms with van der Waals surface area (Å²) in [5.74, 6) is -2.53. The molecule has 3 aliphatic heterocycles. The third kappa shape index (κ3) is 3.39. The average Bonchev–Trinajstić information content (AvgIpc) is 3.29. The zero-order valence-electron chi connectivity index (χ0n) is 19.3. The maximum atomic E-state index is 13.9. The summed E-state index contributed by atoms with van der Waals surface area (Å²) in [5.41, 5.74) is -2.41. The van der Waals surface area contributed by atoms with Crippen molar-refractivity contribution in [3.63, 3.8) is 0 Å². The molecule has 31 heavy (non-hydrogen) atoms. The molecular formula is C23H36N2O6. The first-order chi connectivity index (χ1) is 14.5. The molecule has 174 valence electrons. The molecule has 3 heterocycles. The van der Waals surface area contributed by atoms with Crippen LogP contribution in [0, 0.1) is 11.8 Å². The van der Waals surface area contributed by atoms with Crippen molar-refractivity contribution in [3.8, 4) is 0 Å². The van der Waals surface area contributed by atoms with E-state index in [2.05, 4.69) is 6.58 Å². The van der Waals surface area contributed by atoms with Crippen LogP contribution < -0.4 is 0 Å². The lowest BCUT2D eigenvalue weighted by Gasteiger charge is -2.42. The first-order valence-corrected chi connectivity index (χ1v) is 11.2. The van der Waals surface area contributed by atoms with Crippen LogP contribution in [-0.2, 0) is 23.9 Å². The second-order valence-electron chi connectivity index (χ2n) is 9.75. The summed E-state index contributed by atoms with van der Waals surface area (Å²) in [6, 6.07) is -0.899. The number of β-amino-alcohol motifs (C(OH)–C–C–N with tert-alkyl or cyclic N) is 1. The molecule has 0 aromatic heterocycles. The van der Waals surface area contributed by atoms with Crippen LogP contribution in [0.2, 0.25) is 0 Å². The van der Waals surface area contributed by atoms with E-state index < -0.39 is 40.6 Å². The van der Waals surface area contributed by atoms with Crippen molar-refractivity contribution in [2.24, 2.45) is 11.8 Å². The zero-order valence-corrected chi connectivity index (χ0v) is 19.3. The largest absolute Gasteiger partial charge is 0.466 e. The fraction of sp³-hybridized carbons (Fsp3) is 0.783. The van der Waals surface area contributed by atoms with E-state index in [9.17, 15) is 19.5 Å². The number of ether oxygens (including phenoxy) is 2. The Bertz CT molecular complexity index is 762. The van der Waals surface area contributed by atoms with Gasteiger partial charge in [0.05, 0.1) is 24.7 Å². The average molecular weight is 437 g/mol. The van der Waals surface area contributed by atoms with Crippen molar-refractivity contribution < 1.29 is 29.0 Å². The molecule has 3 fully saturated rings. The maximum Gasteiger partial charge on any atom is 0.312 e. The SMILES string of the molecule is C=CCN(C(=O)C1N(CCO)C(=O)[C@@H]2[C@@H](C(=O)OCC)[C@@]3(CC)CCC12O3)C(C)(C)C. The smallest absolute Gasteiger partial charge is 0.312 e. The first-order valence-electron chi connectivity index (χ1n) is 11.2. The predicted octanol–water partition coefficient (Wildman–Crippen LogP) is 1.51. The van der Waals surface area contributed by atoms with E-state index in [1.54, 1.807) is 17.9 Å². The van der Waals surface area contributed by atoms with Crippen LogP contribution in [0.4, 0.5) is 0 Å². The molecule has 8 nitrogen and oxygen atoms in total. The maximum absolute atomic E-state index is 13.9. The molecule has 0 aromatic rings. The summed E-state index contributed by atoms with van der Waals surface area (Å²) in [6.45, 7) is 13.5. The van der Waals surface area contributed by atoms with Crippen molar-refractivity contribution >= 4 is 17.8 Å². The van der Waals surface area contributed by atoms with Gasteiger partial charge >= 0.3 is 5.97 Å². The van der Waals surface area contributed by atoms with E-state index in [-0.39, 0.29) is 31.6 Å². The van der Waals surface area contributed by atoms with Gasteiger partial charge in [0.25, 0.3) is 0 Å². The van der Waals surface area contributed by atoms with Gasteiger partial charge in [-0.2, -0.15) is 0 Å². The minimum Gasteiger partial charge on any atom is -0.466 e. The number of nitrogens with zero attached hydrogens (tertiary/aromatic N) is 2. The highest BCUT2D eigenvalue weighted by atomic mass is 16.6. The summed E-state index contributed by atoms with van der Waals surface area (Å²) in [4.78, 5) is 43.7. The molecule has 2 bridgehead atoms. The summed E-state index contributed by atoms with van der Waals surface area (Å²) in [5, 5.41) is 9.66. The number of carbonyl (C=O) groups is 3. The Hall–Kier alpha value is -1.93. The summed E-state index contributed by atoms with van der Waals surface area (Å²) >= 11 is 0. The molecule has 3 saturated heterocycles. The quantitative estimate of drug-likeness (QED) is 0.458. The molecule has 5 atom stereocenters. The molecule has 0 saturated carbocycles. The molecule has 3 aliphatic rings. The summed E-state index contributed by atoms with van der Waals surface area (Å²) in [6.07, 6.45) is 3.31. The van der Waals surface area contributed by atoms with E-state index >= 15 is 0 Å². The van der Waals surface area contributed by atoms with Crippen molar-refractivity contribution in [1.29, 1.82) is 0 Å². The minimum absolute atomic E-state index is 0.0115. The van der Waals surface area contributed by atoms with Gasteiger partial charge in [-0.25, -0.2) is 0 Å². The first kappa shape index (κ1) is 23.7. The molecule has 8 heteroatoms. The molecule has 1 spiro atoms. The Morgan fingerprint density at radius 3 is 2.55 bits per heavy atom. The third-order valence-electron chi connectivity index (χ3n) is 7.18. The number of amides is 2. The highest BCUT2D eigenvalue weighted by molar-refractivity contribution is 5.98. The molecule has 1 N–H and O–H groups in total. The number of esters is 1. The predicted molar refractivity (Wildman–Crippen MR) is 114 cm³/mol. The number of aliphatic hydroxyl groups excluding tert-OH is 1. The summed E-state index contributed by atoms with van der Waals surface area (Å²) < 4.78 is 11.9. The van der Waals surface area contributed by atoms with Crippen molar-refractivity contribution in [2.75, 3.05) is 26.3 Å². The number of carbonyl (C=O) groups excluding carboxylic acids is 3. The van der Waals surface area contributed by atoms with Gasteiger partial charge in [-0.05, 0) is 47.0 Å². The number of fused-ring (bicyclic) bond motifs is 1. The van der Waals surface area contributed by atoms with E-state index in [1.807, 2.05) is 27.7 Å². The molecule has 3 rings (SSSR count). The minimum atomic E-state index is -1.10. The van der Waals surface area contributed by atoms with Gasteiger partial charge in [0.1, 0.15) is 17.6 Å². The topological polar surface area (TPSA) is 96.4 Å². The van der Waals surface area contributed by atoms with Crippen molar-refractivity contribution in [1.82, 2.24) is 9.80 Å². The zero-order chi connectivity index (χ0) is 23.2. The standard InChI is InChI=1S/C23H36N2O6/c1-7-12-25(21(4,5)6)19(28)17-23-11-10-22(8-2,31-23)16(20(29)30-9-3)15(23)18(27)24(17)13-14-26/h7,15-17,26H,1,8-14H2,2-6H3/t15-,16-,17?,22+,23?/m0/s1. The number of likely N-dealkylation sites (tertiary alicyclic amines) is 1. The van der Waals surface area contributed by atoms with E-state index in [0.29, 0.717) is 25.8 Å². The molecule has 0 aromatic carbocycles. The molecule has 2 amide bonds. The number of rotatable bonds is 8. The fourth-order valence-electron chi connectivity index (χ4n) is 5.91. The Kier molecular flexibility index (Phi) is 6.28. The van der Waals surface area contributed by atoms with Gasteiger partial charge in [0.2, 0.25) is 11.8 Å². The lowest BCUT2D eigenvalue weighted by atomic mass is 9.65. The van der Waals surface area contributed by atoms with Crippen LogP contribution >= 0.6 is 0 Å². The second-order valence-corrected chi connectivity index (χ2v) is 9.75. The fourth-order valence-corrected chi connectivity index (χ4v) is 5.91. The Labute approximate surface area is 184 Å². The Morgan fingerprint density at radius 1 is 1.35 bits per heavy atom. The lowest BCUT2D eigenvalue weighted by molar-refractivity contribution is -0.162. The highest BCUT2D eigenvalue weighted by Gasteiger charge is 2.79. The van der Waals surface area contributed by atoms with Crippen LogP contribution in [0.25, 0.3) is 0 Å². The van der Waals surface area contributed by atoms with E-state index in [0.717, 1.165) is 0 Å². The van der Waals surface area contributed by atoms with Crippen molar-refractivity contribution in [2.45, 2.75) is 76.7 Å². The van der Waals surface area contributed by atoms with Crippen molar-refractivity contribution in [3.05, 3.63) is 12.7 Å². The van der Waals surface area contributed by atoms with Crippen LogP contribution in [0.5, 0.6) is 0 Å².